The van der Waals surface area contributed by atoms with Gasteiger partial charge in [0.1, 0.15) is 11.0 Å². The molecule has 0 saturated carbocycles. The third-order valence-corrected chi connectivity index (χ3v) is 5.77. The van der Waals surface area contributed by atoms with Gasteiger partial charge >= 0.3 is 5.97 Å². The molecule has 1 aliphatic rings. The van der Waals surface area contributed by atoms with Crippen molar-refractivity contribution in [1.29, 1.82) is 0 Å². The summed E-state index contributed by atoms with van der Waals surface area (Å²) >= 11 is 1.14. The van der Waals surface area contributed by atoms with Crippen LogP contribution in [0.3, 0.4) is 0 Å². The quantitative estimate of drug-likeness (QED) is 0.422. The molecule has 3 aromatic carbocycles. The average molecular weight is 430 g/mol. The first-order valence-electron chi connectivity index (χ1n) is 9.45. The first-order chi connectivity index (χ1) is 15.2. The first-order valence-corrected chi connectivity index (χ1v) is 10.2. The summed E-state index contributed by atoms with van der Waals surface area (Å²) in [6.45, 7) is 0.151. The van der Waals surface area contributed by atoms with E-state index in [0.29, 0.717) is 22.9 Å². The van der Waals surface area contributed by atoms with E-state index in [1.807, 2.05) is 48.5 Å². The van der Waals surface area contributed by atoms with Gasteiger partial charge in [0.25, 0.3) is 0 Å². The average Bonchev–Trinajstić information content (AvgIpc) is 3.50. The fourth-order valence-corrected chi connectivity index (χ4v) is 4.38. The molecule has 0 amide bonds. The van der Waals surface area contributed by atoms with Gasteiger partial charge in [0.15, 0.2) is 17.2 Å². The zero-order chi connectivity index (χ0) is 20.9. The Kier molecular flexibility index (Phi) is 3.84. The lowest BCUT2D eigenvalue weighted by Gasteiger charge is -2.11. The summed E-state index contributed by atoms with van der Waals surface area (Å²) in [6, 6.07) is 18.5. The molecule has 0 bridgehead atoms. The molecule has 1 aliphatic heterocycles. The molecule has 31 heavy (non-hydrogen) atoms. The molecule has 3 heterocycles. The summed E-state index contributed by atoms with van der Waals surface area (Å²) in [4.78, 5) is 12.4. The predicted octanol–water partition coefficient (Wildman–Crippen LogP) is 4.81. The molecule has 0 aliphatic carbocycles. The van der Waals surface area contributed by atoms with Crippen molar-refractivity contribution >= 4 is 51.0 Å². The van der Waals surface area contributed by atoms with E-state index < -0.39 is 5.97 Å². The summed E-state index contributed by atoms with van der Waals surface area (Å²) in [5.41, 5.74) is 4.35. The van der Waals surface area contributed by atoms with Crippen LogP contribution in [0.5, 0.6) is 11.5 Å². The highest BCUT2D eigenvalue weighted by Gasteiger charge is 2.25. The molecule has 5 aromatic rings. The minimum Gasteiger partial charge on any atom is -0.476 e. The molecule has 0 radical (unpaired) electrons. The van der Waals surface area contributed by atoms with Crippen LogP contribution in [-0.4, -0.2) is 31.2 Å². The number of nitrogens with zero attached hydrogens (tertiary/aromatic N) is 3. The monoisotopic (exact) mass is 430 g/mol. The SMILES string of the molecule is O=C(O)c1c(Nc2ccc3nsnc3c2)c2ccccc2n1-c1ccc2c(c1)OCO2. The predicted molar refractivity (Wildman–Crippen MR) is 117 cm³/mol. The highest BCUT2D eigenvalue weighted by Crippen LogP contribution is 2.39. The number of anilines is 2. The number of hydrogen-bond donors (Lipinski definition) is 2. The van der Waals surface area contributed by atoms with Crippen LogP contribution in [0.4, 0.5) is 11.4 Å². The maximum Gasteiger partial charge on any atom is 0.355 e. The zero-order valence-corrected chi connectivity index (χ0v) is 16.7. The Hall–Kier alpha value is -4.11. The first kappa shape index (κ1) is 17.7. The lowest BCUT2D eigenvalue weighted by molar-refractivity contribution is 0.0689. The number of aromatic nitrogens is 3. The van der Waals surface area contributed by atoms with Crippen LogP contribution in [0.25, 0.3) is 27.6 Å². The fraction of sp³-hybridized carbons (Fsp3) is 0.0455. The Bertz CT molecular complexity index is 1490. The molecule has 8 nitrogen and oxygen atoms in total. The van der Waals surface area contributed by atoms with E-state index in [1.165, 1.54) is 0 Å². The third kappa shape index (κ3) is 2.78. The number of carboxylic acids is 1. The van der Waals surface area contributed by atoms with Crippen LogP contribution >= 0.6 is 11.7 Å². The van der Waals surface area contributed by atoms with Crippen molar-refractivity contribution < 1.29 is 19.4 Å². The van der Waals surface area contributed by atoms with E-state index in [9.17, 15) is 9.90 Å². The summed E-state index contributed by atoms with van der Waals surface area (Å²) in [7, 11) is 0. The second-order valence-electron chi connectivity index (χ2n) is 7.01. The number of benzene rings is 3. The number of nitrogens with one attached hydrogen (secondary N) is 1. The van der Waals surface area contributed by atoms with Gasteiger partial charge in [0.2, 0.25) is 6.79 Å². The van der Waals surface area contributed by atoms with Gasteiger partial charge in [-0.3, -0.25) is 0 Å². The zero-order valence-electron chi connectivity index (χ0n) is 15.9. The molecule has 9 heteroatoms. The van der Waals surface area contributed by atoms with Crippen LogP contribution in [0.2, 0.25) is 0 Å². The maximum atomic E-state index is 12.4. The second kappa shape index (κ2) is 6.71. The van der Waals surface area contributed by atoms with Gasteiger partial charge in [0.05, 0.1) is 28.6 Å². The van der Waals surface area contributed by atoms with Crippen LogP contribution in [0.1, 0.15) is 10.5 Å². The normalized spacial score (nSPS) is 12.5. The number of ether oxygens (including phenoxy) is 2. The van der Waals surface area contributed by atoms with E-state index in [2.05, 4.69) is 14.1 Å². The smallest absolute Gasteiger partial charge is 0.355 e. The number of carbonyl (C=O) groups is 1. The van der Waals surface area contributed by atoms with E-state index >= 15 is 0 Å². The summed E-state index contributed by atoms with van der Waals surface area (Å²) in [5.74, 6) is 0.177. The largest absolute Gasteiger partial charge is 0.476 e. The standard InChI is InChI=1S/C22H14N4O4S/c27-22(28)21-20(23-12-5-7-15-16(9-12)25-31-24-15)14-3-1-2-4-17(14)26(21)13-6-8-18-19(10-13)30-11-29-18/h1-10,23H,11H2,(H,27,28). The second-order valence-corrected chi connectivity index (χ2v) is 7.54. The molecule has 0 saturated heterocycles. The van der Waals surface area contributed by atoms with Crippen LogP contribution in [-0.2, 0) is 0 Å². The summed E-state index contributed by atoms with van der Waals surface area (Å²) in [6.07, 6.45) is 0. The van der Waals surface area contributed by atoms with Crippen LogP contribution < -0.4 is 14.8 Å². The Labute approximate surface area is 179 Å². The number of carboxylic acid groups (broad SMARTS) is 1. The van der Waals surface area contributed by atoms with Gasteiger partial charge in [-0.05, 0) is 36.4 Å². The van der Waals surface area contributed by atoms with Crippen molar-refractivity contribution in [3.05, 3.63) is 66.4 Å². The maximum absolute atomic E-state index is 12.4. The third-order valence-electron chi connectivity index (χ3n) is 5.21. The van der Waals surface area contributed by atoms with Gasteiger partial charge < -0.3 is 24.5 Å². The number of fused-ring (bicyclic) bond motifs is 3. The van der Waals surface area contributed by atoms with Gasteiger partial charge in [-0.2, -0.15) is 8.75 Å². The van der Waals surface area contributed by atoms with Gasteiger partial charge in [-0.15, -0.1) is 0 Å². The van der Waals surface area contributed by atoms with Crippen LogP contribution in [0.15, 0.2) is 60.7 Å². The van der Waals surface area contributed by atoms with Crippen molar-refractivity contribution in [3.63, 3.8) is 0 Å². The summed E-state index contributed by atoms with van der Waals surface area (Å²) < 4.78 is 21.1. The molecule has 0 atom stereocenters. The van der Waals surface area contributed by atoms with Gasteiger partial charge in [0, 0.05) is 17.1 Å². The minimum atomic E-state index is -1.05. The molecule has 0 spiro atoms. The number of rotatable bonds is 4. The van der Waals surface area contributed by atoms with Gasteiger partial charge in [-0.25, -0.2) is 4.79 Å². The molecular formula is C22H14N4O4S. The van der Waals surface area contributed by atoms with Crippen molar-refractivity contribution in [2.24, 2.45) is 0 Å². The number of hydrogen-bond acceptors (Lipinski definition) is 7. The minimum absolute atomic E-state index is 0.122. The fourth-order valence-electron chi connectivity index (χ4n) is 3.87. The molecule has 0 fully saturated rings. The van der Waals surface area contributed by atoms with Crippen molar-refractivity contribution in [3.8, 4) is 17.2 Å². The number of aromatic carboxylic acids is 1. The number of para-hydroxylation sites is 1. The van der Waals surface area contributed by atoms with E-state index in [-0.39, 0.29) is 12.5 Å². The van der Waals surface area contributed by atoms with Crippen LogP contribution in [0, 0.1) is 0 Å². The molecule has 2 N–H and O–H groups in total. The van der Waals surface area contributed by atoms with Gasteiger partial charge in [-0.1, -0.05) is 18.2 Å². The van der Waals surface area contributed by atoms with Crippen molar-refractivity contribution in [2.45, 2.75) is 0 Å². The Morgan fingerprint density at radius 1 is 1.00 bits per heavy atom. The Morgan fingerprint density at radius 2 is 1.84 bits per heavy atom. The van der Waals surface area contributed by atoms with E-state index in [0.717, 1.165) is 39.4 Å². The van der Waals surface area contributed by atoms with E-state index in [1.54, 1.807) is 16.7 Å². The topological polar surface area (TPSA) is 98.5 Å². The lowest BCUT2D eigenvalue weighted by Crippen LogP contribution is -2.09. The summed E-state index contributed by atoms with van der Waals surface area (Å²) in [5, 5.41) is 14.3. The van der Waals surface area contributed by atoms with E-state index in [4.69, 9.17) is 9.47 Å². The highest BCUT2D eigenvalue weighted by molar-refractivity contribution is 7.00. The van der Waals surface area contributed by atoms with Crippen molar-refractivity contribution in [2.75, 3.05) is 12.1 Å². The van der Waals surface area contributed by atoms with Crippen molar-refractivity contribution in [1.82, 2.24) is 13.3 Å². The molecule has 0 unspecified atom stereocenters. The lowest BCUT2D eigenvalue weighted by atomic mass is 10.2. The molecular weight excluding hydrogens is 416 g/mol. The Morgan fingerprint density at radius 3 is 2.74 bits per heavy atom. The Balaban J connectivity index is 1.57. The highest BCUT2D eigenvalue weighted by atomic mass is 32.1. The molecule has 2 aromatic heterocycles. The molecule has 152 valence electrons. The molecule has 6 rings (SSSR count).